The monoisotopic (exact) mass is 442 g/mol. The Labute approximate surface area is 200 Å². The quantitative estimate of drug-likeness (QED) is 0.324. The predicted molar refractivity (Wildman–Crippen MR) is 137 cm³/mol. The van der Waals surface area contributed by atoms with Crippen LogP contribution in [-0.2, 0) is 11.8 Å². The van der Waals surface area contributed by atoms with Crippen LogP contribution in [0.2, 0.25) is 0 Å². The zero-order chi connectivity index (χ0) is 23.4. The topological polar surface area (TPSA) is 40.5 Å². The number of hydrogen-bond acceptors (Lipinski definition) is 2. The Morgan fingerprint density at radius 2 is 1.15 bits per heavy atom. The van der Waals surface area contributed by atoms with Crippen molar-refractivity contribution in [3.8, 4) is 0 Å². The van der Waals surface area contributed by atoms with Gasteiger partial charge in [0.25, 0.3) is 0 Å². The molecule has 0 aliphatic heterocycles. The Morgan fingerprint density at radius 3 is 1.82 bits per heavy atom. The third kappa shape index (κ3) is 4.03. The molecule has 2 N–H and O–H groups in total. The molecule has 1 aliphatic carbocycles. The molecule has 6 rings (SSSR count). The van der Waals surface area contributed by atoms with Gasteiger partial charge in [0, 0.05) is 0 Å². The molecule has 0 unspecified atom stereocenters. The van der Waals surface area contributed by atoms with E-state index in [4.69, 9.17) is 0 Å². The van der Waals surface area contributed by atoms with Crippen LogP contribution in [-0.4, -0.2) is 16.0 Å². The fourth-order valence-corrected chi connectivity index (χ4v) is 4.90. The van der Waals surface area contributed by atoms with Crippen molar-refractivity contribution in [3.05, 3.63) is 162 Å². The number of rotatable bonds is 2. The summed E-state index contributed by atoms with van der Waals surface area (Å²) in [6.07, 6.45) is 2.10. The Balaban J connectivity index is 0.000000200. The van der Waals surface area contributed by atoms with Crippen LogP contribution in [0.15, 0.2) is 127 Å². The summed E-state index contributed by atoms with van der Waals surface area (Å²) in [4.78, 5) is 0. The van der Waals surface area contributed by atoms with Crippen molar-refractivity contribution >= 4 is 10.8 Å². The Bertz CT molecular complexity index is 1270. The van der Waals surface area contributed by atoms with Gasteiger partial charge in [-0.3, -0.25) is 0 Å². The second kappa shape index (κ2) is 9.26. The molecule has 166 valence electrons. The molecule has 0 atom stereocenters. The SMILES string of the molecule is OC1(O)[CH]c2ccccc2CC1(c1ccccc1)c1ccccc1.[c]1cccc2ccccc12. The highest BCUT2D eigenvalue weighted by molar-refractivity contribution is 5.81. The molecule has 1 aliphatic rings. The van der Waals surface area contributed by atoms with Crippen LogP contribution < -0.4 is 0 Å². The molecule has 0 amide bonds. The zero-order valence-electron chi connectivity index (χ0n) is 18.8. The fraction of sp³-hybridized carbons (Fsp3) is 0.0938. The lowest BCUT2D eigenvalue weighted by Gasteiger charge is -2.48. The van der Waals surface area contributed by atoms with Crippen molar-refractivity contribution in [2.45, 2.75) is 17.6 Å². The number of aliphatic hydroxyl groups is 2. The maximum absolute atomic E-state index is 11.1. The van der Waals surface area contributed by atoms with Crippen molar-refractivity contribution < 1.29 is 10.2 Å². The van der Waals surface area contributed by atoms with Crippen LogP contribution in [0.3, 0.4) is 0 Å². The van der Waals surface area contributed by atoms with E-state index >= 15 is 0 Å². The van der Waals surface area contributed by atoms with Gasteiger partial charge >= 0.3 is 0 Å². The van der Waals surface area contributed by atoms with Crippen molar-refractivity contribution in [1.29, 1.82) is 0 Å². The van der Waals surface area contributed by atoms with Gasteiger partial charge in [0.05, 0.1) is 11.8 Å². The second-order valence-electron chi connectivity index (χ2n) is 8.64. The number of hydrogen-bond donors (Lipinski definition) is 2. The van der Waals surface area contributed by atoms with E-state index in [0.717, 1.165) is 22.3 Å². The van der Waals surface area contributed by atoms with Gasteiger partial charge in [-0.05, 0) is 45.5 Å². The van der Waals surface area contributed by atoms with Gasteiger partial charge in [-0.25, -0.2) is 0 Å². The summed E-state index contributed by atoms with van der Waals surface area (Å²) in [5.41, 5.74) is 2.84. The van der Waals surface area contributed by atoms with Gasteiger partial charge < -0.3 is 10.2 Å². The highest BCUT2D eigenvalue weighted by Crippen LogP contribution is 2.49. The summed E-state index contributed by atoms with van der Waals surface area (Å²) in [5, 5.41) is 24.7. The summed E-state index contributed by atoms with van der Waals surface area (Å²) in [5.74, 6) is -1.98. The molecule has 0 saturated carbocycles. The molecule has 2 heteroatoms. The fourth-order valence-electron chi connectivity index (χ4n) is 4.90. The molecule has 0 spiro atoms. The summed E-state index contributed by atoms with van der Waals surface area (Å²) in [7, 11) is 0. The third-order valence-electron chi connectivity index (χ3n) is 6.60. The van der Waals surface area contributed by atoms with Crippen LogP contribution >= 0.6 is 0 Å². The molecule has 5 aromatic rings. The molecular weight excluding hydrogens is 416 g/mol. The smallest absolute Gasteiger partial charge is 0.184 e. The van der Waals surface area contributed by atoms with E-state index in [-0.39, 0.29) is 0 Å². The van der Waals surface area contributed by atoms with Gasteiger partial charge in [0.15, 0.2) is 5.79 Å². The van der Waals surface area contributed by atoms with Crippen LogP contribution in [0.25, 0.3) is 10.8 Å². The summed E-state index contributed by atoms with van der Waals surface area (Å²) in [6.45, 7) is 0. The predicted octanol–water partition coefficient (Wildman–Crippen LogP) is 6.10. The lowest BCUT2D eigenvalue weighted by atomic mass is 9.60. The minimum absolute atomic E-state index is 0.528. The molecule has 34 heavy (non-hydrogen) atoms. The van der Waals surface area contributed by atoms with Gasteiger partial charge in [0.1, 0.15) is 0 Å². The lowest BCUT2D eigenvalue weighted by Crippen LogP contribution is -2.56. The normalized spacial score (nSPS) is 15.6. The van der Waals surface area contributed by atoms with Crippen LogP contribution in [0.5, 0.6) is 0 Å². The van der Waals surface area contributed by atoms with E-state index in [0.29, 0.717) is 6.42 Å². The number of benzene rings is 5. The standard InChI is InChI=1S/C22H19O2.C10H7/c23-22(24)16-18-10-8-7-9-17(18)15-21(22,19-11-3-1-4-12-19)20-13-5-2-6-14-20;1-2-6-10-8-4-3-7-9(10)5-1/h1-14,16,23-24H,15H2;1-7H. The minimum Gasteiger partial charge on any atom is -0.364 e. The molecule has 0 heterocycles. The molecule has 5 aromatic carbocycles. The highest BCUT2D eigenvalue weighted by Gasteiger charge is 2.54. The van der Waals surface area contributed by atoms with E-state index < -0.39 is 11.2 Å². The average molecular weight is 443 g/mol. The first-order valence-electron chi connectivity index (χ1n) is 11.5. The van der Waals surface area contributed by atoms with Crippen molar-refractivity contribution in [1.82, 2.24) is 0 Å². The maximum Gasteiger partial charge on any atom is 0.184 e. The molecule has 0 saturated heterocycles. The van der Waals surface area contributed by atoms with Crippen molar-refractivity contribution in [2.75, 3.05) is 0 Å². The zero-order valence-corrected chi connectivity index (χ0v) is 18.8. The van der Waals surface area contributed by atoms with Crippen LogP contribution in [0.1, 0.15) is 22.3 Å². The van der Waals surface area contributed by atoms with Crippen molar-refractivity contribution in [3.63, 3.8) is 0 Å². The van der Waals surface area contributed by atoms with Gasteiger partial charge in [0.2, 0.25) is 0 Å². The molecule has 0 aromatic heterocycles. The third-order valence-corrected chi connectivity index (χ3v) is 6.60. The van der Waals surface area contributed by atoms with E-state index in [1.54, 1.807) is 6.42 Å². The molecule has 2 radical (unpaired) electrons. The Morgan fingerprint density at radius 1 is 0.588 bits per heavy atom. The van der Waals surface area contributed by atoms with Gasteiger partial charge in [-0.15, -0.1) is 0 Å². The molecule has 2 nitrogen and oxygen atoms in total. The van der Waals surface area contributed by atoms with E-state index in [1.807, 2.05) is 103 Å². The van der Waals surface area contributed by atoms with Gasteiger partial charge in [-0.1, -0.05) is 127 Å². The van der Waals surface area contributed by atoms with Crippen molar-refractivity contribution in [2.24, 2.45) is 0 Å². The minimum atomic E-state index is -1.98. The molecule has 0 bridgehead atoms. The number of fused-ring (bicyclic) bond motifs is 2. The summed E-state index contributed by atoms with van der Waals surface area (Å²) < 4.78 is 0. The van der Waals surface area contributed by atoms with E-state index in [1.165, 1.54) is 10.8 Å². The maximum atomic E-state index is 11.1. The first-order chi connectivity index (χ1) is 16.6. The molecular formula is C32H26O2. The van der Waals surface area contributed by atoms with E-state index in [2.05, 4.69) is 30.3 Å². The van der Waals surface area contributed by atoms with Crippen LogP contribution in [0, 0.1) is 12.5 Å². The van der Waals surface area contributed by atoms with Crippen LogP contribution in [0.4, 0.5) is 0 Å². The second-order valence-corrected chi connectivity index (χ2v) is 8.64. The lowest BCUT2D eigenvalue weighted by molar-refractivity contribution is -0.177. The molecule has 0 fully saturated rings. The summed E-state index contributed by atoms with van der Waals surface area (Å²) >= 11 is 0. The Kier molecular flexibility index (Phi) is 6.02. The van der Waals surface area contributed by atoms with E-state index in [9.17, 15) is 10.2 Å². The first-order valence-corrected chi connectivity index (χ1v) is 11.5. The van der Waals surface area contributed by atoms with Gasteiger partial charge in [-0.2, -0.15) is 0 Å². The highest BCUT2D eigenvalue weighted by atomic mass is 16.5. The Hall–Kier alpha value is -3.72. The first kappa shape index (κ1) is 22.1. The largest absolute Gasteiger partial charge is 0.364 e. The average Bonchev–Trinajstić information content (AvgIpc) is 2.89. The summed E-state index contributed by atoms with van der Waals surface area (Å²) in [6, 6.07) is 44.8.